The minimum Gasteiger partial charge on any atom is -0.379 e. The molecule has 0 bridgehead atoms. The predicted molar refractivity (Wildman–Crippen MR) is 354 cm³/mol. The molecular formula is C72H110N8O10. The van der Waals surface area contributed by atoms with Crippen molar-refractivity contribution in [2.24, 2.45) is 22.7 Å². The summed E-state index contributed by atoms with van der Waals surface area (Å²) in [6.45, 7) is 22.7. The van der Waals surface area contributed by atoms with E-state index in [-0.39, 0.29) is 80.2 Å². The lowest BCUT2D eigenvalue weighted by atomic mass is 9.76. The molecule has 2 saturated heterocycles. The molecular weight excluding hydrogens is 1140 g/mol. The van der Waals surface area contributed by atoms with Crippen LogP contribution in [0.3, 0.4) is 0 Å². The molecule has 3 aromatic carbocycles. The molecule has 7 amide bonds. The number of amides is 7. The van der Waals surface area contributed by atoms with Gasteiger partial charge < -0.3 is 51.2 Å². The Morgan fingerprint density at radius 1 is 0.533 bits per heavy atom. The second-order valence-corrected chi connectivity index (χ2v) is 27.2. The van der Waals surface area contributed by atoms with E-state index in [2.05, 4.69) is 45.7 Å². The van der Waals surface area contributed by atoms with Crippen LogP contribution in [0, 0.1) is 22.7 Å². The molecule has 18 heteroatoms. The molecule has 0 radical (unpaired) electrons. The van der Waals surface area contributed by atoms with Gasteiger partial charge in [0.25, 0.3) is 11.8 Å². The van der Waals surface area contributed by atoms with Crippen molar-refractivity contribution >= 4 is 47.1 Å². The Morgan fingerprint density at radius 2 is 0.944 bits per heavy atom. The van der Waals surface area contributed by atoms with Gasteiger partial charge in [-0.25, -0.2) is 0 Å². The van der Waals surface area contributed by atoms with Gasteiger partial charge in [-0.05, 0) is 92.3 Å². The van der Waals surface area contributed by atoms with Crippen LogP contribution in [0.15, 0.2) is 84.9 Å². The maximum absolute atomic E-state index is 14.9. The Balaban J connectivity index is 1.34. The molecule has 0 aliphatic carbocycles. The molecule has 0 spiro atoms. The SMILES string of the molecule is CCCCCCCCOC[C@@H](NC(=O)[C@@H]1C[C@H](NC(=O)c2ccc(C(=O)N[C@H]3C[C@@H](C(=O)N[C@H](COCCCCCCCC)c4ccccc4)N(C(=O)[C@@H](NC(=O)[C@H](C)CC)C(C)(C)C)C3)cc2)CN1C(=O)[C@@H](CC(=O)[C@H](C)NC)C(C)(C)C)c1ccccc1. The minimum absolute atomic E-state index is 0.0106. The number of hydrogen-bond donors (Lipinski definition) is 6. The molecule has 18 nitrogen and oxygen atoms in total. The topological polar surface area (TPSA) is 234 Å². The zero-order chi connectivity index (χ0) is 66.0. The highest BCUT2D eigenvalue weighted by molar-refractivity contribution is 5.99. The number of likely N-dealkylation sites (tertiary alicyclic amines) is 2. The maximum atomic E-state index is 14.9. The number of benzene rings is 3. The summed E-state index contributed by atoms with van der Waals surface area (Å²) < 4.78 is 12.4. The van der Waals surface area contributed by atoms with Crippen LogP contribution in [0.5, 0.6) is 0 Å². The highest BCUT2D eigenvalue weighted by Gasteiger charge is 2.48. The van der Waals surface area contributed by atoms with E-state index in [1.54, 1.807) is 20.9 Å². The van der Waals surface area contributed by atoms with Crippen molar-refractivity contribution in [3.05, 3.63) is 107 Å². The molecule has 0 aromatic heterocycles. The third-order valence-electron chi connectivity index (χ3n) is 17.9. The summed E-state index contributed by atoms with van der Waals surface area (Å²) in [6.07, 6.45) is 14.0. The number of nitrogens with zero attached hydrogens (tertiary/aromatic N) is 2. The third-order valence-corrected chi connectivity index (χ3v) is 17.9. The van der Waals surface area contributed by atoms with E-state index < -0.39 is 94.6 Å². The van der Waals surface area contributed by atoms with Crippen molar-refractivity contribution in [3.8, 4) is 0 Å². The first-order valence-corrected chi connectivity index (χ1v) is 33.6. The van der Waals surface area contributed by atoms with Gasteiger partial charge in [0.2, 0.25) is 29.5 Å². The number of ether oxygens (including phenoxy) is 2. The number of likely N-dealkylation sites (N-methyl/N-ethyl adjacent to an activating group) is 1. The first-order valence-electron chi connectivity index (χ1n) is 33.6. The number of carbonyl (C=O) groups excluding carboxylic acids is 8. The lowest BCUT2D eigenvalue weighted by molar-refractivity contribution is -0.146. The molecule has 2 aliphatic heterocycles. The number of rotatable bonds is 37. The fourth-order valence-electron chi connectivity index (χ4n) is 11.7. The van der Waals surface area contributed by atoms with Gasteiger partial charge in [0.1, 0.15) is 23.9 Å². The lowest BCUT2D eigenvalue weighted by Gasteiger charge is -2.36. The second-order valence-electron chi connectivity index (χ2n) is 27.2. The smallest absolute Gasteiger partial charge is 0.251 e. The van der Waals surface area contributed by atoms with Crippen molar-refractivity contribution in [1.82, 2.24) is 41.7 Å². The Hall–Kier alpha value is -6.50. The summed E-state index contributed by atoms with van der Waals surface area (Å²) in [5.74, 6) is -4.11. The van der Waals surface area contributed by atoms with Gasteiger partial charge in [-0.3, -0.25) is 38.4 Å². The molecule has 2 heterocycles. The van der Waals surface area contributed by atoms with Crippen LogP contribution in [0.2, 0.25) is 0 Å². The number of hydrogen-bond acceptors (Lipinski definition) is 11. The number of carbonyl (C=O) groups is 8. The van der Waals surface area contributed by atoms with Crippen LogP contribution in [0.1, 0.15) is 223 Å². The standard InChI is InChI=1S/C72H110N8O10/c1-13-16-18-20-22-30-40-89-47-58(51-32-26-24-27-33-51)76-67(85)60-42-55(45-79(60)69(87)57(71(6,7)8)44-62(81)50(5)73-12)74-65(83)53-36-38-54(39-37-53)66(84)75-56-43-61(80(46-56)70(88)63(72(9,10)11)78-64(82)49(4)15-3)68(86)77-59(52-34-28-25-29-35-52)48-90-41-31-23-21-19-17-14-2/h24-29,32-39,49-50,55-61,63,73H,13-23,30-31,40-48H2,1-12H3,(H,74,83)(H,75,84)(H,76,85)(H,77,86)(H,78,82)/t49-,50+,55+,56+,57-,58-,59-,60+,61+,63-/m1/s1. The van der Waals surface area contributed by atoms with Gasteiger partial charge >= 0.3 is 0 Å². The monoisotopic (exact) mass is 1250 g/mol. The Bertz CT molecular complexity index is 2550. The zero-order valence-electron chi connectivity index (χ0n) is 56.4. The number of nitrogens with one attached hydrogen (secondary N) is 6. The van der Waals surface area contributed by atoms with E-state index in [0.29, 0.717) is 19.6 Å². The van der Waals surface area contributed by atoms with E-state index in [9.17, 15) is 38.4 Å². The summed E-state index contributed by atoms with van der Waals surface area (Å²) in [4.78, 5) is 118. The number of Topliss-reactive ketones (excluding diaryl/α,β-unsaturated/α-hetero) is 1. The molecule has 10 atom stereocenters. The van der Waals surface area contributed by atoms with Crippen LogP contribution >= 0.6 is 0 Å². The molecule has 0 unspecified atom stereocenters. The van der Waals surface area contributed by atoms with Crippen LogP contribution < -0.4 is 31.9 Å². The Labute approximate surface area is 538 Å². The first kappa shape index (κ1) is 74.2. The normalized spacial score (nSPS) is 18.8. The predicted octanol–water partition coefficient (Wildman–Crippen LogP) is 10.4. The van der Waals surface area contributed by atoms with Crippen molar-refractivity contribution < 1.29 is 47.8 Å². The van der Waals surface area contributed by atoms with Gasteiger partial charge in [-0.15, -0.1) is 0 Å². The number of unbranched alkanes of at least 4 members (excludes halogenated alkanes) is 10. The van der Waals surface area contributed by atoms with Crippen molar-refractivity contribution in [2.75, 3.05) is 46.6 Å². The summed E-state index contributed by atoms with van der Waals surface area (Å²) in [7, 11) is 1.69. The van der Waals surface area contributed by atoms with Crippen LogP contribution in [0.4, 0.5) is 0 Å². The molecule has 6 N–H and O–H groups in total. The average Bonchev–Trinajstić information content (AvgIpc) is 1.63. The highest BCUT2D eigenvalue weighted by Crippen LogP contribution is 2.35. The first-order chi connectivity index (χ1) is 42.9. The molecule has 90 heavy (non-hydrogen) atoms. The molecule has 0 saturated carbocycles. The van der Waals surface area contributed by atoms with Crippen LogP contribution in [-0.2, 0) is 38.2 Å². The van der Waals surface area contributed by atoms with Crippen molar-refractivity contribution in [1.29, 1.82) is 0 Å². The van der Waals surface area contributed by atoms with Gasteiger partial charge in [-0.1, -0.05) is 194 Å². The summed E-state index contributed by atoms with van der Waals surface area (Å²) in [5, 5.41) is 18.5. The average molecular weight is 1250 g/mol. The van der Waals surface area contributed by atoms with E-state index in [1.165, 1.54) is 72.6 Å². The zero-order valence-corrected chi connectivity index (χ0v) is 56.4. The molecule has 2 aliphatic rings. The minimum atomic E-state index is -1.01. The quantitative estimate of drug-likeness (QED) is 0.0297. The molecule has 2 fully saturated rings. The van der Waals surface area contributed by atoms with E-state index in [1.807, 2.05) is 109 Å². The number of ketones is 1. The largest absolute Gasteiger partial charge is 0.379 e. The van der Waals surface area contributed by atoms with E-state index in [0.717, 1.165) is 49.7 Å². The molecule has 498 valence electrons. The lowest BCUT2D eigenvalue weighted by Crippen LogP contribution is -2.58. The maximum Gasteiger partial charge on any atom is 0.251 e. The molecule has 3 aromatic rings. The summed E-state index contributed by atoms with van der Waals surface area (Å²) in [5.41, 5.74) is 0.746. The van der Waals surface area contributed by atoms with Gasteiger partial charge in [0, 0.05) is 67.8 Å². The third kappa shape index (κ3) is 23.0. The van der Waals surface area contributed by atoms with Crippen LogP contribution in [-0.4, -0.2) is 140 Å². The molecule has 5 rings (SSSR count). The Morgan fingerprint density at radius 3 is 1.33 bits per heavy atom. The van der Waals surface area contributed by atoms with Gasteiger partial charge in [0.05, 0.1) is 31.3 Å². The van der Waals surface area contributed by atoms with E-state index in [4.69, 9.17) is 9.47 Å². The fraction of sp³-hybridized carbons (Fsp3) is 0.639. The van der Waals surface area contributed by atoms with Crippen molar-refractivity contribution in [3.63, 3.8) is 0 Å². The second kappa shape index (κ2) is 37.1. The summed E-state index contributed by atoms with van der Waals surface area (Å²) >= 11 is 0. The fourth-order valence-corrected chi connectivity index (χ4v) is 11.7. The summed E-state index contributed by atoms with van der Waals surface area (Å²) in [6, 6.07) is 19.4. The van der Waals surface area contributed by atoms with Crippen molar-refractivity contribution in [2.45, 2.75) is 227 Å². The van der Waals surface area contributed by atoms with Gasteiger partial charge in [0.15, 0.2) is 0 Å². The van der Waals surface area contributed by atoms with Gasteiger partial charge in [-0.2, -0.15) is 0 Å². The van der Waals surface area contributed by atoms with Crippen LogP contribution in [0.25, 0.3) is 0 Å². The Kier molecular flexibility index (Phi) is 30.6. The van der Waals surface area contributed by atoms with E-state index >= 15 is 0 Å². The highest BCUT2D eigenvalue weighted by atomic mass is 16.5.